The van der Waals surface area contributed by atoms with Crippen molar-refractivity contribution >= 4 is 0 Å². The first kappa shape index (κ1) is 13.9. The molecular formula is C17H25NO2. The summed E-state index contributed by atoms with van der Waals surface area (Å²) in [5.74, 6) is 1.78. The van der Waals surface area contributed by atoms with Gasteiger partial charge in [0.15, 0.2) is 0 Å². The van der Waals surface area contributed by atoms with Crippen LogP contribution < -0.4 is 10.1 Å². The molecule has 0 bridgehead atoms. The zero-order chi connectivity index (χ0) is 14.4. The van der Waals surface area contributed by atoms with Gasteiger partial charge in [0.25, 0.3) is 0 Å². The Bertz CT molecular complexity index is 502. The third-order valence-electron chi connectivity index (χ3n) is 5.13. The van der Waals surface area contributed by atoms with Crippen LogP contribution >= 0.6 is 0 Å². The van der Waals surface area contributed by atoms with E-state index < -0.39 is 0 Å². The molecule has 1 aromatic carbocycles. The smallest absolute Gasteiger partial charge is 0.125 e. The molecule has 2 heterocycles. The van der Waals surface area contributed by atoms with Gasteiger partial charge in [-0.1, -0.05) is 39.0 Å². The Morgan fingerprint density at radius 1 is 1.25 bits per heavy atom. The Labute approximate surface area is 121 Å². The van der Waals surface area contributed by atoms with Crippen LogP contribution in [0.1, 0.15) is 33.3 Å². The summed E-state index contributed by atoms with van der Waals surface area (Å²) >= 11 is 0. The van der Waals surface area contributed by atoms with Gasteiger partial charge in [0.1, 0.15) is 11.4 Å². The van der Waals surface area contributed by atoms with Crippen molar-refractivity contribution in [3.05, 3.63) is 29.8 Å². The summed E-state index contributed by atoms with van der Waals surface area (Å²) in [5.41, 5.74) is 0.779. The van der Waals surface area contributed by atoms with Crippen molar-refractivity contribution in [2.75, 3.05) is 19.7 Å². The summed E-state index contributed by atoms with van der Waals surface area (Å²) < 4.78 is 12.6. The third-order valence-corrected chi connectivity index (χ3v) is 5.13. The lowest BCUT2D eigenvalue weighted by molar-refractivity contribution is -0.224. The van der Waals surface area contributed by atoms with Gasteiger partial charge in [0.05, 0.1) is 12.2 Å². The van der Waals surface area contributed by atoms with Gasteiger partial charge in [-0.05, 0) is 18.9 Å². The van der Waals surface area contributed by atoms with Crippen molar-refractivity contribution in [3.63, 3.8) is 0 Å². The van der Waals surface area contributed by atoms with Gasteiger partial charge in [-0.2, -0.15) is 0 Å². The normalized spacial score (nSPS) is 36.8. The molecule has 3 nitrogen and oxygen atoms in total. The lowest BCUT2D eigenvalue weighted by Gasteiger charge is -2.53. The fourth-order valence-electron chi connectivity index (χ4n) is 3.29. The number of fused-ring (bicyclic) bond motifs is 2. The predicted octanol–water partition coefficient (Wildman–Crippen LogP) is 2.94. The van der Waals surface area contributed by atoms with Crippen molar-refractivity contribution in [3.8, 4) is 5.75 Å². The highest BCUT2D eigenvalue weighted by atomic mass is 16.5. The Kier molecular flexibility index (Phi) is 3.30. The van der Waals surface area contributed by atoms with E-state index in [0.29, 0.717) is 18.4 Å². The second-order valence-electron chi connectivity index (χ2n) is 6.77. The molecule has 0 radical (unpaired) electrons. The van der Waals surface area contributed by atoms with Crippen molar-refractivity contribution in [2.24, 2.45) is 11.8 Å². The number of rotatable bonds is 1. The van der Waals surface area contributed by atoms with Crippen molar-refractivity contribution in [2.45, 2.75) is 38.9 Å². The van der Waals surface area contributed by atoms with Gasteiger partial charge in [-0.15, -0.1) is 0 Å². The van der Waals surface area contributed by atoms with Gasteiger partial charge in [-0.25, -0.2) is 0 Å². The van der Waals surface area contributed by atoms with E-state index in [4.69, 9.17) is 9.47 Å². The number of hydrogen-bond acceptors (Lipinski definition) is 3. The first-order chi connectivity index (χ1) is 9.48. The van der Waals surface area contributed by atoms with Gasteiger partial charge in [0.2, 0.25) is 0 Å². The van der Waals surface area contributed by atoms with Gasteiger partial charge in [0, 0.05) is 24.6 Å². The third kappa shape index (κ3) is 1.95. The maximum Gasteiger partial charge on any atom is 0.125 e. The van der Waals surface area contributed by atoms with Gasteiger partial charge >= 0.3 is 0 Å². The summed E-state index contributed by atoms with van der Waals surface area (Å²) in [7, 11) is 0. The highest BCUT2D eigenvalue weighted by molar-refractivity contribution is 5.41. The van der Waals surface area contributed by atoms with Crippen molar-refractivity contribution in [1.29, 1.82) is 0 Å². The van der Waals surface area contributed by atoms with Crippen LogP contribution in [0.15, 0.2) is 24.3 Å². The number of para-hydroxylation sites is 1. The molecule has 1 N–H and O–H groups in total. The zero-order valence-corrected chi connectivity index (χ0v) is 12.9. The van der Waals surface area contributed by atoms with Crippen LogP contribution in [0.2, 0.25) is 0 Å². The van der Waals surface area contributed by atoms with Crippen LogP contribution in [0.25, 0.3) is 0 Å². The molecule has 0 aliphatic carbocycles. The van der Waals surface area contributed by atoms with Crippen LogP contribution in [-0.4, -0.2) is 25.3 Å². The summed E-state index contributed by atoms with van der Waals surface area (Å²) in [6, 6.07) is 8.31. The molecule has 1 spiro atoms. The second-order valence-corrected chi connectivity index (χ2v) is 6.77. The minimum atomic E-state index is -0.272. The van der Waals surface area contributed by atoms with Crippen LogP contribution in [0, 0.1) is 11.8 Å². The standard InChI is InChI=1S/C17H25NO2/c1-12(2)16(4)10-18-11-17(20-16)13(3)9-19-15-8-6-5-7-14(15)17/h5-8,12-13,18H,9-11H2,1-4H3. The minimum Gasteiger partial charge on any atom is -0.493 e. The van der Waals surface area contributed by atoms with Gasteiger partial charge < -0.3 is 14.8 Å². The Hall–Kier alpha value is -1.06. The molecule has 2 aliphatic heterocycles. The van der Waals surface area contributed by atoms with Gasteiger partial charge in [-0.3, -0.25) is 0 Å². The van der Waals surface area contributed by atoms with Crippen molar-refractivity contribution in [1.82, 2.24) is 5.32 Å². The van der Waals surface area contributed by atoms with E-state index in [1.54, 1.807) is 0 Å². The van der Waals surface area contributed by atoms with Crippen molar-refractivity contribution < 1.29 is 9.47 Å². The highest BCUT2D eigenvalue weighted by Crippen LogP contribution is 2.47. The molecule has 0 aromatic heterocycles. The summed E-state index contributed by atoms with van der Waals surface area (Å²) in [5, 5.41) is 3.61. The maximum absolute atomic E-state index is 6.76. The number of nitrogens with one attached hydrogen (secondary N) is 1. The summed E-state index contributed by atoms with van der Waals surface area (Å²) in [6.07, 6.45) is 0. The monoisotopic (exact) mass is 275 g/mol. The lowest BCUT2D eigenvalue weighted by Crippen LogP contribution is -2.63. The molecular weight excluding hydrogens is 250 g/mol. The summed E-state index contributed by atoms with van der Waals surface area (Å²) in [6.45, 7) is 11.4. The number of ether oxygens (including phenoxy) is 2. The molecule has 20 heavy (non-hydrogen) atoms. The van der Waals surface area contributed by atoms with Crippen LogP contribution in [0.3, 0.4) is 0 Å². The van der Waals surface area contributed by atoms with E-state index in [-0.39, 0.29) is 11.2 Å². The maximum atomic E-state index is 6.76. The first-order valence-corrected chi connectivity index (χ1v) is 7.61. The fraction of sp³-hybridized carbons (Fsp3) is 0.647. The second kappa shape index (κ2) is 4.74. The average Bonchev–Trinajstić information content (AvgIpc) is 2.44. The predicted molar refractivity (Wildman–Crippen MR) is 80.0 cm³/mol. The quantitative estimate of drug-likeness (QED) is 0.855. The largest absolute Gasteiger partial charge is 0.493 e. The zero-order valence-electron chi connectivity index (χ0n) is 12.9. The van der Waals surface area contributed by atoms with Crippen LogP contribution in [-0.2, 0) is 10.3 Å². The van der Waals surface area contributed by atoms with E-state index in [2.05, 4.69) is 45.1 Å². The molecule has 2 aliphatic rings. The molecule has 3 atom stereocenters. The number of hydrogen-bond donors (Lipinski definition) is 1. The number of benzene rings is 1. The van der Waals surface area contributed by atoms with E-state index in [1.165, 1.54) is 5.56 Å². The van der Waals surface area contributed by atoms with E-state index in [1.807, 2.05) is 12.1 Å². The van der Waals surface area contributed by atoms with Crippen LogP contribution in [0.4, 0.5) is 0 Å². The molecule has 0 saturated carbocycles. The average molecular weight is 275 g/mol. The van der Waals surface area contributed by atoms with E-state index in [0.717, 1.165) is 18.8 Å². The topological polar surface area (TPSA) is 30.5 Å². The van der Waals surface area contributed by atoms with Crippen LogP contribution in [0.5, 0.6) is 5.75 Å². The SMILES string of the molecule is CC(C)C1(C)CNCC2(O1)c1ccccc1OCC2C. The molecule has 110 valence electrons. The first-order valence-electron chi connectivity index (χ1n) is 7.61. The molecule has 1 saturated heterocycles. The molecule has 3 heteroatoms. The molecule has 1 fully saturated rings. The molecule has 3 rings (SSSR count). The Morgan fingerprint density at radius 3 is 2.75 bits per heavy atom. The highest BCUT2D eigenvalue weighted by Gasteiger charge is 2.51. The molecule has 0 amide bonds. The molecule has 1 aromatic rings. The molecule has 3 unspecified atom stereocenters. The lowest BCUT2D eigenvalue weighted by atomic mass is 9.76. The number of morpholine rings is 1. The summed E-state index contributed by atoms with van der Waals surface area (Å²) in [4.78, 5) is 0. The fourth-order valence-corrected chi connectivity index (χ4v) is 3.29. The Balaban J connectivity index is 2.06. The van der Waals surface area contributed by atoms with E-state index in [9.17, 15) is 0 Å². The minimum absolute atomic E-state index is 0.142. The van der Waals surface area contributed by atoms with E-state index >= 15 is 0 Å². The Morgan fingerprint density at radius 2 is 2.00 bits per heavy atom.